The van der Waals surface area contributed by atoms with Crippen molar-refractivity contribution in [1.82, 2.24) is 0 Å². The Labute approximate surface area is 81.5 Å². The predicted octanol–water partition coefficient (Wildman–Crippen LogP) is 2.16. The van der Waals surface area contributed by atoms with Crippen molar-refractivity contribution in [3.63, 3.8) is 0 Å². The average molecular weight is 195 g/mol. The van der Waals surface area contributed by atoms with Gasteiger partial charge in [0.15, 0.2) is 0 Å². The summed E-state index contributed by atoms with van der Waals surface area (Å²) in [6.45, 7) is 0. The molecule has 0 aliphatic rings. The van der Waals surface area contributed by atoms with Gasteiger partial charge in [0.05, 0.1) is 12.7 Å². The molecule has 0 aliphatic carbocycles. The Morgan fingerprint density at radius 3 is 2.85 bits per heavy atom. The van der Waals surface area contributed by atoms with Crippen molar-refractivity contribution >= 4 is 17.4 Å². The van der Waals surface area contributed by atoms with Crippen LogP contribution < -0.4 is 4.74 Å². The molecule has 0 fully saturated rings. The molecular formula is C10H7ClO2. The number of carbonyl (C=O) groups excluding carboxylic acids is 1. The van der Waals surface area contributed by atoms with Crippen LogP contribution in [0.1, 0.15) is 10.4 Å². The van der Waals surface area contributed by atoms with Crippen molar-refractivity contribution in [3.8, 4) is 18.1 Å². The highest BCUT2D eigenvalue weighted by Gasteiger charge is 2.09. The molecule has 0 radical (unpaired) electrons. The first-order valence-corrected chi connectivity index (χ1v) is 3.91. The number of hydrogen-bond donors (Lipinski definition) is 0. The van der Waals surface area contributed by atoms with Gasteiger partial charge in [-0.25, -0.2) is 0 Å². The molecule has 0 amide bonds. The lowest BCUT2D eigenvalue weighted by Gasteiger charge is -2.04. The maximum atomic E-state index is 11.2. The van der Waals surface area contributed by atoms with Crippen LogP contribution in [-0.4, -0.2) is 12.9 Å². The minimum absolute atomic E-state index is 0.317. The Kier molecular flexibility index (Phi) is 2.94. The number of ether oxygens (including phenoxy) is 1. The molecule has 0 N–H and O–H groups in total. The summed E-state index contributed by atoms with van der Waals surface area (Å²) < 4.78 is 4.95. The molecule has 0 spiro atoms. The maximum absolute atomic E-state index is 11.2. The summed E-state index contributed by atoms with van der Waals surface area (Å²) in [4.78, 5) is 11.2. The van der Waals surface area contributed by atoms with Crippen LogP contribution in [0, 0.1) is 12.3 Å². The molecule has 0 saturated heterocycles. The van der Waals surface area contributed by atoms with Gasteiger partial charge in [-0.3, -0.25) is 4.79 Å². The van der Waals surface area contributed by atoms with E-state index in [1.807, 2.05) is 5.92 Å². The van der Waals surface area contributed by atoms with E-state index in [0.29, 0.717) is 16.3 Å². The third-order valence-electron chi connectivity index (χ3n) is 1.54. The smallest absolute Gasteiger partial charge is 0.239 e. The van der Waals surface area contributed by atoms with Gasteiger partial charge in [-0.05, 0) is 24.1 Å². The largest absolute Gasteiger partial charge is 0.496 e. The molecule has 0 unspecified atom stereocenters. The predicted molar refractivity (Wildman–Crippen MR) is 51.2 cm³/mol. The Morgan fingerprint density at radius 1 is 1.62 bits per heavy atom. The number of methoxy groups -OCH3 is 1. The molecule has 66 valence electrons. The summed E-state index contributed by atoms with van der Waals surface area (Å²) >= 11 is 5.70. The lowest BCUT2D eigenvalue weighted by Crippen LogP contribution is -1.98. The summed E-state index contributed by atoms with van der Waals surface area (Å²) in [6.07, 6.45) is 4.98. The Morgan fingerprint density at radius 2 is 2.31 bits per heavy atom. The van der Waals surface area contributed by atoms with Crippen molar-refractivity contribution in [1.29, 1.82) is 0 Å². The van der Waals surface area contributed by atoms with E-state index in [9.17, 15) is 4.79 Å². The normalized spacial score (nSPS) is 9.00. The van der Waals surface area contributed by atoms with Gasteiger partial charge in [-0.15, -0.1) is 6.42 Å². The number of Topliss-reactive ketones (excluding diaryl/α,β-unsaturated/α-hetero) is 1. The fraction of sp³-hybridized carbons (Fsp3) is 0.100. The van der Waals surface area contributed by atoms with E-state index in [1.165, 1.54) is 13.2 Å². The highest BCUT2D eigenvalue weighted by atomic mass is 35.5. The molecule has 13 heavy (non-hydrogen) atoms. The van der Waals surface area contributed by atoms with Crippen LogP contribution in [0.4, 0.5) is 0 Å². The molecular weight excluding hydrogens is 188 g/mol. The quantitative estimate of drug-likeness (QED) is 0.410. The van der Waals surface area contributed by atoms with Crippen molar-refractivity contribution in [2.45, 2.75) is 0 Å². The van der Waals surface area contributed by atoms with Crippen LogP contribution in [0.15, 0.2) is 18.2 Å². The molecule has 0 atom stereocenters. The summed E-state index contributed by atoms with van der Waals surface area (Å²) in [5.41, 5.74) is 0.317. The SMILES string of the molecule is C#CC(=O)c1cc(Cl)ccc1OC. The molecule has 1 aromatic carbocycles. The van der Waals surface area contributed by atoms with E-state index in [4.69, 9.17) is 22.8 Å². The van der Waals surface area contributed by atoms with Gasteiger partial charge in [-0.1, -0.05) is 11.6 Å². The standard InChI is InChI=1S/C10H7ClO2/c1-3-9(12)8-6-7(11)4-5-10(8)13-2/h1,4-6H,2H3. The number of rotatable bonds is 2. The van der Waals surface area contributed by atoms with E-state index in [2.05, 4.69) is 0 Å². The van der Waals surface area contributed by atoms with E-state index < -0.39 is 5.78 Å². The van der Waals surface area contributed by atoms with Gasteiger partial charge < -0.3 is 4.74 Å². The lowest BCUT2D eigenvalue weighted by atomic mass is 10.1. The van der Waals surface area contributed by atoms with Gasteiger partial charge in [0.25, 0.3) is 0 Å². The van der Waals surface area contributed by atoms with Crippen LogP contribution in [-0.2, 0) is 0 Å². The van der Waals surface area contributed by atoms with E-state index >= 15 is 0 Å². The average Bonchev–Trinajstić information content (AvgIpc) is 2.16. The molecule has 0 saturated carbocycles. The van der Waals surface area contributed by atoms with Crippen molar-refractivity contribution in [2.75, 3.05) is 7.11 Å². The number of hydrogen-bond acceptors (Lipinski definition) is 2. The number of ketones is 1. The van der Waals surface area contributed by atoms with Gasteiger partial charge in [0.1, 0.15) is 5.75 Å². The second-order valence-corrected chi connectivity index (χ2v) is 2.75. The van der Waals surface area contributed by atoms with Crippen molar-refractivity contribution < 1.29 is 9.53 Å². The minimum Gasteiger partial charge on any atom is -0.496 e. The highest BCUT2D eigenvalue weighted by molar-refractivity contribution is 6.31. The number of benzene rings is 1. The monoisotopic (exact) mass is 194 g/mol. The zero-order valence-corrected chi connectivity index (χ0v) is 7.76. The van der Waals surface area contributed by atoms with Gasteiger partial charge >= 0.3 is 0 Å². The van der Waals surface area contributed by atoms with E-state index in [-0.39, 0.29) is 0 Å². The molecule has 0 heterocycles. The molecule has 0 aromatic heterocycles. The second-order valence-electron chi connectivity index (χ2n) is 2.32. The third kappa shape index (κ3) is 2.01. The summed E-state index contributed by atoms with van der Waals surface area (Å²) in [5.74, 6) is 2.01. The molecule has 0 aliphatic heterocycles. The number of halogens is 1. The first kappa shape index (κ1) is 9.63. The van der Waals surface area contributed by atoms with Gasteiger partial charge in [0, 0.05) is 5.02 Å². The molecule has 3 heteroatoms. The highest BCUT2D eigenvalue weighted by Crippen LogP contribution is 2.22. The van der Waals surface area contributed by atoms with E-state index in [0.717, 1.165) is 0 Å². The van der Waals surface area contributed by atoms with Crippen LogP contribution in [0.25, 0.3) is 0 Å². The first-order valence-electron chi connectivity index (χ1n) is 3.53. The minimum atomic E-state index is -0.431. The molecule has 2 nitrogen and oxygen atoms in total. The molecule has 1 aromatic rings. The van der Waals surface area contributed by atoms with Gasteiger partial charge in [0.2, 0.25) is 5.78 Å². The lowest BCUT2D eigenvalue weighted by molar-refractivity contribution is 0.105. The Balaban J connectivity index is 3.25. The Hall–Kier alpha value is -1.46. The fourth-order valence-corrected chi connectivity index (χ4v) is 1.11. The second kappa shape index (κ2) is 3.97. The topological polar surface area (TPSA) is 26.3 Å². The van der Waals surface area contributed by atoms with Crippen molar-refractivity contribution in [2.24, 2.45) is 0 Å². The van der Waals surface area contributed by atoms with Gasteiger partial charge in [-0.2, -0.15) is 0 Å². The number of carbonyl (C=O) groups is 1. The zero-order chi connectivity index (χ0) is 9.84. The summed E-state index contributed by atoms with van der Waals surface area (Å²) in [6, 6.07) is 4.73. The maximum Gasteiger partial charge on any atom is 0.239 e. The summed E-state index contributed by atoms with van der Waals surface area (Å²) in [5, 5.41) is 0.458. The first-order chi connectivity index (χ1) is 6.19. The van der Waals surface area contributed by atoms with Crippen molar-refractivity contribution in [3.05, 3.63) is 28.8 Å². The van der Waals surface area contributed by atoms with E-state index in [1.54, 1.807) is 12.1 Å². The van der Waals surface area contributed by atoms with Crippen LogP contribution in [0.3, 0.4) is 0 Å². The fourth-order valence-electron chi connectivity index (χ4n) is 0.935. The van der Waals surface area contributed by atoms with Crippen LogP contribution in [0.5, 0.6) is 5.75 Å². The molecule has 1 rings (SSSR count). The number of terminal acetylenes is 1. The third-order valence-corrected chi connectivity index (χ3v) is 1.77. The summed E-state index contributed by atoms with van der Waals surface area (Å²) in [7, 11) is 1.47. The molecule has 0 bridgehead atoms. The van der Waals surface area contributed by atoms with Crippen LogP contribution in [0.2, 0.25) is 5.02 Å². The Bertz CT molecular complexity index is 377. The zero-order valence-electron chi connectivity index (χ0n) is 7.00. The van der Waals surface area contributed by atoms with Crippen LogP contribution >= 0.6 is 11.6 Å².